The van der Waals surface area contributed by atoms with E-state index in [1.807, 2.05) is 9.80 Å². The van der Waals surface area contributed by atoms with Crippen LogP contribution in [0.25, 0.3) is 0 Å². The summed E-state index contributed by atoms with van der Waals surface area (Å²) in [5.74, 6) is 1.22. The molecule has 0 radical (unpaired) electrons. The fourth-order valence-electron chi connectivity index (χ4n) is 3.81. The molecule has 25 heavy (non-hydrogen) atoms. The lowest BCUT2D eigenvalue weighted by molar-refractivity contribution is 0.0697. The summed E-state index contributed by atoms with van der Waals surface area (Å²) in [5, 5.41) is 9.48. The highest BCUT2D eigenvalue weighted by Crippen LogP contribution is 2.40. The van der Waals surface area contributed by atoms with Crippen LogP contribution in [-0.2, 0) is 6.54 Å². The van der Waals surface area contributed by atoms with Crippen molar-refractivity contribution >= 4 is 29.4 Å². The minimum atomic E-state index is -0.913. The van der Waals surface area contributed by atoms with Crippen LogP contribution in [0.1, 0.15) is 35.7 Å². The van der Waals surface area contributed by atoms with Gasteiger partial charge in [0.25, 0.3) is 5.91 Å². The number of fused-ring (bicyclic) bond motifs is 1. The average Bonchev–Trinajstić information content (AvgIpc) is 3.38. The predicted octanol–water partition coefficient (Wildman–Crippen LogP) is 2.29. The number of halogens is 1. The van der Waals surface area contributed by atoms with E-state index in [1.54, 1.807) is 6.07 Å². The number of amides is 2. The molecule has 4 rings (SSSR count). The molecule has 0 spiro atoms. The Morgan fingerprint density at radius 2 is 2.00 bits per heavy atom. The van der Waals surface area contributed by atoms with E-state index in [9.17, 15) is 9.59 Å². The number of nitrogens with zero attached hydrogens (tertiary/aromatic N) is 4. The molecule has 1 aromatic heterocycles. The number of carboxylic acid groups (broad SMARTS) is 1. The highest BCUT2D eigenvalue weighted by Gasteiger charge is 2.41. The zero-order valence-corrected chi connectivity index (χ0v) is 14.9. The van der Waals surface area contributed by atoms with Crippen LogP contribution in [0.5, 0.6) is 0 Å². The van der Waals surface area contributed by atoms with Crippen molar-refractivity contribution in [2.45, 2.75) is 32.4 Å². The van der Waals surface area contributed by atoms with Crippen LogP contribution in [0, 0.1) is 5.92 Å². The summed E-state index contributed by atoms with van der Waals surface area (Å²) in [4.78, 5) is 33.8. The molecule has 2 aliphatic heterocycles. The van der Waals surface area contributed by atoms with E-state index in [-0.39, 0.29) is 11.9 Å². The second kappa shape index (κ2) is 6.05. The van der Waals surface area contributed by atoms with Gasteiger partial charge in [-0.2, -0.15) is 0 Å². The quantitative estimate of drug-likeness (QED) is 0.833. The summed E-state index contributed by atoms with van der Waals surface area (Å²) in [6.07, 6.45) is 1.46. The maximum atomic E-state index is 13.0. The van der Waals surface area contributed by atoms with Crippen molar-refractivity contribution in [1.29, 1.82) is 0 Å². The van der Waals surface area contributed by atoms with Crippen LogP contribution in [0.4, 0.5) is 10.6 Å². The van der Waals surface area contributed by atoms with Crippen LogP contribution in [0.2, 0.25) is 5.15 Å². The number of piperazine rings is 1. The van der Waals surface area contributed by atoms with Gasteiger partial charge in [0.15, 0.2) is 0 Å². The molecule has 1 N–H and O–H groups in total. The molecular weight excluding hydrogens is 344 g/mol. The normalized spacial score (nSPS) is 21.5. The van der Waals surface area contributed by atoms with Gasteiger partial charge >= 0.3 is 6.09 Å². The molecular formula is C17H21ClN4O3. The van der Waals surface area contributed by atoms with Gasteiger partial charge in [0.2, 0.25) is 0 Å². The molecule has 8 heteroatoms. The Labute approximate surface area is 151 Å². The van der Waals surface area contributed by atoms with Crippen molar-refractivity contribution in [2.24, 2.45) is 5.92 Å². The molecule has 3 heterocycles. The third kappa shape index (κ3) is 2.90. The van der Waals surface area contributed by atoms with Gasteiger partial charge in [0, 0.05) is 38.8 Å². The van der Waals surface area contributed by atoms with E-state index in [2.05, 4.69) is 11.9 Å². The Bertz CT molecular complexity index is 729. The number of hydrogen-bond donors (Lipinski definition) is 1. The lowest BCUT2D eigenvalue weighted by Gasteiger charge is -2.34. The first kappa shape index (κ1) is 16.4. The summed E-state index contributed by atoms with van der Waals surface area (Å²) in [6, 6.07) is 2.01. The average molecular weight is 365 g/mol. The number of carbonyl (C=O) groups is 2. The number of rotatable bonds is 3. The molecule has 1 atom stereocenters. The predicted molar refractivity (Wildman–Crippen MR) is 93.1 cm³/mol. The molecule has 0 aromatic carbocycles. The Morgan fingerprint density at radius 1 is 1.32 bits per heavy atom. The topological polar surface area (TPSA) is 77.0 Å². The number of anilines is 1. The molecule has 2 amide bonds. The summed E-state index contributed by atoms with van der Waals surface area (Å²) in [6.45, 7) is 4.51. The van der Waals surface area contributed by atoms with E-state index in [4.69, 9.17) is 16.7 Å². The summed E-state index contributed by atoms with van der Waals surface area (Å²) in [5.41, 5.74) is 1.56. The van der Waals surface area contributed by atoms with Crippen LogP contribution >= 0.6 is 11.6 Å². The molecule has 0 bridgehead atoms. The van der Waals surface area contributed by atoms with E-state index >= 15 is 0 Å². The van der Waals surface area contributed by atoms with Crippen molar-refractivity contribution in [2.75, 3.05) is 31.1 Å². The molecule has 3 aliphatic rings. The van der Waals surface area contributed by atoms with Gasteiger partial charge in [0.1, 0.15) is 11.0 Å². The number of aromatic nitrogens is 1. The Balaban J connectivity index is 1.61. The van der Waals surface area contributed by atoms with Gasteiger partial charge in [0.05, 0.1) is 5.56 Å². The molecule has 1 aromatic rings. The first-order valence-corrected chi connectivity index (χ1v) is 9.06. The second-order valence-electron chi connectivity index (χ2n) is 7.07. The number of carbonyl (C=O) groups excluding carboxylic acids is 1. The monoisotopic (exact) mass is 364 g/mol. The van der Waals surface area contributed by atoms with Crippen LogP contribution in [0.3, 0.4) is 0 Å². The third-order valence-electron chi connectivity index (χ3n) is 5.51. The van der Waals surface area contributed by atoms with E-state index < -0.39 is 6.09 Å². The van der Waals surface area contributed by atoms with Gasteiger partial charge in [-0.15, -0.1) is 0 Å². The molecule has 134 valence electrons. The zero-order chi connectivity index (χ0) is 17.7. The summed E-state index contributed by atoms with van der Waals surface area (Å²) in [7, 11) is 0. The molecule has 2 fully saturated rings. The summed E-state index contributed by atoms with van der Waals surface area (Å²) >= 11 is 6.20. The molecule has 1 saturated heterocycles. The van der Waals surface area contributed by atoms with E-state index in [0.717, 1.165) is 5.56 Å². The zero-order valence-electron chi connectivity index (χ0n) is 14.1. The van der Waals surface area contributed by atoms with Crippen molar-refractivity contribution in [3.8, 4) is 0 Å². The fourth-order valence-corrected chi connectivity index (χ4v) is 4.02. The van der Waals surface area contributed by atoms with Crippen molar-refractivity contribution in [3.05, 3.63) is 22.3 Å². The lowest BCUT2D eigenvalue weighted by atomic mass is 10.1. The van der Waals surface area contributed by atoms with Gasteiger partial charge in [-0.25, -0.2) is 9.78 Å². The lowest BCUT2D eigenvalue weighted by Crippen LogP contribution is -2.49. The fraction of sp³-hybridized carbons (Fsp3) is 0.588. The Kier molecular flexibility index (Phi) is 3.98. The SMILES string of the molecule is C[C@@H](C1CC1)N1Cc2cc(Cl)nc(N3CCN(C(=O)O)CC3)c2C1=O. The van der Waals surface area contributed by atoms with Crippen LogP contribution in [-0.4, -0.2) is 64.1 Å². The van der Waals surface area contributed by atoms with Crippen molar-refractivity contribution in [1.82, 2.24) is 14.8 Å². The van der Waals surface area contributed by atoms with Gasteiger partial charge < -0.3 is 19.8 Å². The van der Waals surface area contributed by atoms with Crippen LogP contribution in [0.15, 0.2) is 6.07 Å². The smallest absolute Gasteiger partial charge is 0.407 e. The maximum absolute atomic E-state index is 13.0. The Morgan fingerprint density at radius 3 is 2.60 bits per heavy atom. The maximum Gasteiger partial charge on any atom is 0.407 e. The highest BCUT2D eigenvalue weighted by molar-refractivity contribution is 6.29. The highest BCUT2D eigenvalue weighted by atomic mass is 35.5. The standard InChI is InChI=1S/C17H21ClN4O3/c1-10(11-2-3-11)22-9-12-8-13(18)19-15(14(12)16(22)23)20-4-6-21(7-5-20)17(24)25/h8,10-11H,2-7,9H2,1H3,(H,24,25)/t10-/m0/s1. The Hall–Kier alpha value is -2.02. The molecule has 0 unspecified atom stereocenters. The van der Waals surface area contributed by atoms with Gasteiger partial charge in [-0.05, 0) is 37.3 Å². The van der Waals surface area contributed by atoms with Gasteiger partial charge in [-0.1, -0.05) is 11.6 Å². The second-order valence-corrected chi connectivity index (χ2v) is 7.46. The van der Waals surface area contributed by atoms with Crippen LogP contribution < -0.4 is 4.90 Å². The van der Waals surface area contributed by atoms with E-state index in [0.29, 0.717) is 55.2 Å². The van der Waals surface area contributed by atoms with Gasteiger partial charge in [-0.3, -0.25) is 4.79 Å². The van der Waals surface area contributed by atoms with Crippen molar-refractivity contribution < 1.29 is 14.7 Å². The van der Waals surface area contributed by atoms with Crippen molar-refractivity contribution in [3.63, 3.8) is 0 Å². The number of hydrogen-bond acceptors (Lipinski definition) is 4. The largest absolute Gasteiger partial charge is 0.465 e. The van der Waals surface area contributed by atoms with E-state index in [1.165, 1.54) is 17.7 Å². The minimum Gasteiger partial charge on any atom is -0.465 e. The third-order valence-corrected chi connectivity index (χ3v) is 5.71. The minimum absolute atomic E-state index is 0.0224. The number of pyridine rings is 1. The first-order valence-electron chi connectivity index (χ1n) is 8.69. The molecule has 7 nitrogen and oxygen atoms in total. The first-order chi connectivity index (χ1) is 12.0. The molecule has 1 saturated carbocycles. The summed E-state index contributed by atoms with van der Waals surface area (Å²) < 4.78 is 0. The molecule has 1 aliphatic carbocycles.